The molecule has 10 heteroatoms. The van der Waals surface area contributed by atoms with Crippen molar-refractivity contribution in [1.82, 2.24) is 0 Å². The van der Waals surface area contributed by atoms with Gasteiger partial charge in [-0.15, -0.1) is 13.2 Å². The largest absolute Gasteiger partial charge is 0.573 e. The van der Waals surface area contributed by atoms with Crippen LogP contribution in [-0.4, -0.2) is 40.3 Å². The van der Waals surface area contributed by atoms with E-state index in [0.29, 0.717) is 12.1 Å². The summed E-state index contributed by atoms with van der Waals surface area (Å²) in [5.41, 5.74) is 0. The van der Waals surface area contributed by atoms with Gasteiger partial charge < -0.3 is 14.6 Å². The van der Waals surface area contributed by atoms with Crippen molar-refractivity contribution in [2.45, 2.75) is 11.7 Å². The molecular weight excluding hydrogens is 253 g/mol. The van der Waals surface area contributed by atoms with Crippen LogP contribution in [-0.2, 0) is 0 Å². The van der Waals surface area contributed by atoms with Crippen molar-refractivity contribution >= 4 is 23.5 Å². The highest BCUT2D eigenvalue weighted by atomic mass is 19.4. The minimum Gasteiger partial charge on any atom is -0.510 e. The molecule has 1 N–H and O–H groups in total. The van der Waals surface area contributed by atoms with Gasteiger partial charge in [0.1, 0.15) is 23.5 Å². The number of ether oxygens (including phenoxy) is 2. The van der Waals surface area contributed by atoms with E-state index in [-0.39, 0.29) is 0 Å². The van der Waals surface area contributed by atoms with Crippen molar-refractivity contribution in [1.29, 1.82) is 0 Å². The normalized spacial score (nSPS) is 12.2. The molecule has 6 radical (unpaired) electrons. The van der Waals surface area contributed by atoms with Crippen molar-refractivity contribution in [3.8, 4) is 17.2 Å². The summed E-state index contributed by atoms with van der Waals surface area (Å²) in [6, 6.07) is 1.25. The summed E-state index contributed by atoms with van der Waals surface area (Å²) in [5, 5.41) is 6.83. The van der Waals surface area contributed by atoms with E-state index in [2.05, 4.69) is 9.47 Å². The second-order valence-corrected chi connectivity index (χ2v) is 3.23. The molecule has 18 heavy (non-hydrogen) atoms. The first kappa shape index (κ1) is 14.6. The minimum atomic E-state index is -5.11. The van der Waals surface area contributed by atoms with Gasteiger partial charge in [0, 0.05) is 0 Å². The Morgan fingerprint density at radius 1 is 1.06 bits per heavy atom. The summed E-state index contributed by atoms with van der Waals surface area (Å²) in [5.74, 6) is -4.76. The summed E-state index contributed by atoms with van der Waals surface area (Å²) in [4.78, 5) is 0. The quantitative estimate of drug-likeness (QED) is 0.645. The number of aromatic hydroxyl groups is 1. The molecule has 0 amide bonds. The molecule has 0 spiro atoms. The zero-order chi connectivity index (χ0) is 14.1. The minimum absolute atomic E-state index is 0.552. The molecule has 0 unspecified atom stereocenters. The van der Waals surface area contributed by atoms with Gasteiger partial charge in [-0.25, -0.2) is 0 Å². The van der Waals surface area contributed by atoms with E-state index >= 15 is 0 Å². The van der Waals surface area contributed by atoms with Crippen LogP contribution < -0.4 is 9.47 Å². The summed E-state index contributed by atoms with van der Waals surface area (Å²) in [7, 11) is 14.9. The number of alkyl halides is 3. The molecule has 0 saturated carbocycles. The van der Waals surface area contributed by atoms with Gasteiger partial charge in [-0.3, -0.25) is 0 Å². The molecule has 1 aromatic carbocycles. The number of hydrogen-bond acceptors (Lipinski definition) is 3. The Bertz CT molecular complexity index is 444. The summed E-state index contributed by atoms with van der Waals surface area (Å²) in [6.45, 7) is 0. The summed E-state index contributed by atoms with van der Waals surface area (Å²) < 4.78 is 57.0. The van der Waals surface area contributed by atoms with E-state index in [1.807, 2.05) is 0 Å². The lowest BCUT2D eigenvalue weighted by molar-refractivity contribution is -0.275. The molecule has 90 valence electrons. The maximum atomic E-state index is 13.5. The number of hydrogen-bond donors (Lipinski definition) is 1. The molecule has 0 saturated heterocycles. The highest BCUT2D eigenvalue weighted by Gasteiger charge is 2.33. The monoisotopic (exact) mass is 256 g/mol. The van der Waals surface area contributed by atoms with Crippen LogP contribution in [0, 0.1) is 5.82 Å². The Balaban J connectivity index is 3.15. The zero-order valence-corrected chi connectivity index (χ0v) is 8.66. The molecule has 0 atom stereocenters. The third kappa shape index (κ3) is 4.08. The van der Waals surface area contributed by atoms with Crippen molar-refractivity contribution in [2.75, 3.05) is 0 Å². The van der Waals surface area contributed by atoms with E-state index in [9.17, 15) is 22.7 Å². The topological polar surface area (TPSA) is 38.7 Å². The van der Waals surface area contributed by atoms with Crippen LogP contribution in [0.25, 0.3) is 0 Å². The van der Waals surface area contributed by atoms with Crippen molar-refractivity contribution in [2.24, 2.45) is 0 Å². The van der Waals surface area contributed by atoms with Gasteiger partial charge in [0.05, 0.1) is 0 Å². The third-order valence-corrected chi connectivity index (χ3v) is 1.55. The van der Waals surface area contributed by atoms with Crippen LogP contribution in [0.2, 0.25) is 0 Å². The van der Waals surface area contributed by atoms with Crippen LogP contribution in [0.4, 0.5) is 17.6 Å². The Hall–Kier alpha value is -1.47. The first-order valence-corrected chi connectivity index (χ1v) is 4.32. The molecule has 1 aromatic rings. The number of halogens is 4. The lowest BCUT2D eigenvalue weighted by Crippen LogP contribution is -2.37. The maximum Gasteiger partial charge on any atom is 0.573 e. The molecule has 0 aliphatic carbocycles. The van der Waals surface area contributed by atoms with Crippen molar-refractivity contribution in [3.63, 3.8) is 0 Å². The number of phenols is 1. The fraction of sp³-hybridized carbons (Fsp3) is 0.250. The van der Waals surface area contributed by atoms with Gasteiger partial charge >= 0.3 is 6.36 Å². The second-order valence-electron chi connectivity index (χ2n) is 3.23. The highest BCUT2D eigenvalue weighted by molar-refractivity contribution is 6.58. The van der Waals surface area contributed by atoms with Gasteiger partial charge in [-0.2, -0.15) is 4.39 Å². The van der Waals surface area contributed by atoms with E-state index in [0.717, 1.165) is 0 Å². The number of phenolic OH excluding ortho intramolecular Hbond substituents is 1. The maximum absolute atomic E-state index is 13.5. The SMILES string of the molecule is [B]C([B])([B])Oc1c(O)ccc(OC(F)(F)F)c1F. The second kappa shape index (κ2) is 4.66. The van der Waals surface area contributed by atoms with Gasteiger partial charge in [-0.05, 0) is 17.4 Å². The third-order valence-electron chi connectivity index (χ3n) is 1.55. The first-order valence-electron chi connectivity index (χ1n) is 4.32. The molecular formula is C8H3B3F4O3. The highest BCUT2D eigenvalue weighted by Crippen LogP contribution is 2.38. The van der Waals surface area contributed by atoms with Gasteiger partial charge in [-0.1, -0.05) is 0 Å². The Morgan fingerprint density at radius 2 is 1.61 bits per heavy atom. The molecule has 3 nitrogen and oxygen atoms in total. The van der Waals surface area contributed by atoms with Crippen molar-refractivity contribution < 1.29 is 32.1 Å². The van der Waals surface area contributed by atoms with E-state index in [1.54, 1.807) is 0 Å². The van der Waals surface area contributed by atoms with E-state index < -0.39 is 34.7 Å². The number of benzene rings is 1. The lowest BCUT2D eigenvalue weighted by Gasteiger charge is -2.24. The first-order chi connectivity index (χ1) is 7.99. The van der Waals surface area contributed by atoms with Gasteiger partial charge in [0.2, 0.25) is 5.82 Å². The molecule has 0 aliphatic heterocycles. The van der Waals surface area contributed by atoms with Crippen LogP contribution in [0.3, 0.4) is 0 Å². The Morgan fingerprint density at radius 3 is 2.06 bits per heavy atom. The zero-order valence-electron chi connectivity index (χ0n) is 8.66. The molecule has 0 aliphatic rings. The van der Waals surface area contributed by atoms with E-state index in [1.165, 1.54) is 0 Å². The molecule has 0 bridgehead atoms. The average molecular weight is 256 g/mol. The fourth-order valence-electron chi connectivity index (χ4n) is 1.01. The fourth-order valence-corrected chi connectivity index (χ4v) is 1.01. The van der Waals surface area contributed by atoms with Gasteiger partial charge in [0.15, 0.2) is 17.2 Å². The van der Waals surface area contributed by atoms with Crippen molar-refractivity contribution in [3.05, 3.63) is 17.9 Å². The average Bonchev–Trinajstić information content (AvgIpc) is 2.14. The van der Waals surface area contributed by atoms with E-state index in [4.69, 9.17) is 23.5 Å². The van der Waals surface area contributed by atoms with Crippen LogP contribution in [0.15, 0.2) is 12.1 Å². The lowest BCUT2D eigenvalue weighted by atomic mass is 9.52. The molecule has 0 aromatic heterocycles. The van der Waals surface area contributed by atoms with Crippen LogP contribution >= 0.6 is 0 Å². The Labute approximate surface area is 103 Å². The molecule has 0 heterocycles. The Kier molecular flexibility index (Phi) is 3.78. The smallest absolute Gasteiger partial charge is 0.510 e. The predicted octanol–water partition coefficient (Wildman–Crippen LogP) is 0.925. The standard InChI is InChI=1S/C8H3B3F4O3/c9-7(10,11)18-6-3(16)1-2-4(5(6)12)17-8(13,14)15/h1-2,16H. The molecule has 1 rings (SSSR count). The predicted molar refractivity (Wildman–Crippen MR) is 55.4 cm³/mol. The summed E-state index contributed by atoms with van der Waals surface area (Å²) >= 11 is 0. The number of rotatable bonds is 3. The van der Waals surface area contributed by atoms with Crippen LogP contribution in [0.1, 0.15) is 0 Å². The van der Waals surface area contributed by atoms with Gasteiger partial charge in [0.25, 0.3) is 0 Å². The molecule has 0 fully saturated rings. The van der Waals surface area contributed by atoms with Crippen LogP contribution in [0.5, 0.6) is 17.2 Å². The summed E-state index contributed by atoms with van der Waals surface area (Å²) in [6.07, 6.45) is -5.11.